The molecule has 1 saturated heterocycles. The van der Waals surface area contributed by atoms with Crippen LogP contribution < -0.4 is 11.1 Å². The highest BCUT2D eigenvalue weighted by Gasteiger charge is 2.14. The summed E-state index contributed by atoms with van der Waals surface area (Å²) < 4.78 is 6.69. The molecule has 1 aromatic carbocycles. The van der Waals surface area contributed by atoms with Crippen molar-refractivity contribution in [1.29, 1.82) is 0 Å². The molecule has 0 aliphatic carbocycles. The van der Waals surface area contributed by atoms with Crippen LogP contribution in [0, 0.1) is 5.92 Å². The maximum atomic E-state index is 11.4. The highest BCUT2D eigenvalue weighted by Crippen LogP contribution is 2.19. The molecule has 1 aliphatic rings. The van der Waals surface area contributed by atoms with E-state index in [4.69, 9.17) is 4.42 Å². The van der Waals surface area contributed by atoms with Crippen molar-refractivity contribution in [2.45, 2.75) is 19.3 Å². The van der Waals surface area contributed by atoms with Crippen LogP contribution in [-0.2, 0) is 13.5 Å². The third-order valence-corrected chi connectivity index (χ3v) is 3.86. The number of oxazole rings is 1. The molecule has 96 valence electrons. The molecule has 0 radical (unpaired) electrons. The van der Waals surface area contributed by atoms with Crippen LogP contribution >= 0.6 is 0 Å². The molecule has 0 saturated carbocycles. The fourth-order valence-electron chi connectivity index (χ4n) is 2.66. The third-order valence-electron chi connectivity index (χ3n) is 3.86. The van der Waals surface area contributed by atoms with Gasteiger partial charge in [-0.2, -0.15) is 0 Å². The first kappa shape index (κ1) is 11.5. The van der Waals surface area contributed by atoms with E-state index in [1.165, 1.54) is 18.4 Å². The highest BCUT2D eigenvalue weighted by atomic mass is 16.4. The predicted molar refractivity (Wildman–Crippen MR) is 70.8 cm³/mol. The lowest BCUT2D eigenvalue weighted by Crippen LogP contribution is -2.09. The van der Waals surface area contributed by atoms with Gasteiger partial charge in [0.25, 0.3) is 0 Å². The molecule has 1 atom stereocenters. The number of aryl methyl sites for hydroxylation is 2. The normalized spacial score (nSPS) is 19.7. The summed E-state index contributed by atoms with van der Waals surface area (Å²) in [6, 6.07) is 6.04. The van der Waals surface area contributed by atoms with Gasteiger partial charge in [0.1, 0.15) is 0 Å². The first-order valence-corrected chi connectivity index (χ1v) is 6.53. The van der Waals surface area contributed by atoms with Crippen LogP contribution in [0.25, 0.3) is 11.1 Å². The minimum Gasteiger partial charge on any atom is -0.408 e. The lowest BCUT2D eigenvalue weighted by molar-refractivity contribution is 0.528. The fourth-order valence-corrected chi connectivity index (χ4v) is 2.66. The molecule has 18 heavy (non-hydrogen) atoms. The van der Waals surface area contributed by atoms with Crippen LogP contribution in [0.15, 0.2) is 27.4 Å². The monoisotopic (exact) mass is 246 g/mol. The van der Waals surface area contributed by atoms with E-state index in [-0.39, 0.29) is 5.76 Å². The quantitative estimate of drug-likeness (QED) is 0.896. The Hall–Kier alpha value is -1.55. The Kier molecular flexibility index (Phi) is 2.96. The summed E-state index contributed by atoms with van der Waals surface area (Å²) in [6.07, 6.45) is 3.57. The van der Waals surface area contributed by atoms with E-state index in [2.05, 4.69) is 17.4 Å². The lowest BCUT2D eigenvalue weighted by Gasteiger charge is -2.07. The van der Waals surface area contributed by atoms with Crippen molar-refractivity contribution in [1.82, 2.24) is 9.88 Å². The molecule has 1 aromatic heterocycles. The Morgan fingerprint density at radius 2 is 2.39 bits per heavy atom. The highest BCUT2D eigenvalue weighted by molar-refractivity contribution is 5.73. The summed E-state index contributed by atoms with van der Waals surface area (Å²) >= 11 is 0. The van der Waals surface area contributed by atoms with E-state index in [0.717, 1.165) is 30.9 Å². The van der Waals surface area contributed by atoms with Crippen LogP contribution in [0.3, 0.4) is 0 Å². The molecule has 4 nitrogen and oxygen atoms in total. The van der Waals surface area contributed by atoms with Gasteiger partial charge in [0.15, 0.2) is 5.58 Å². The molecule has 2 aromatic rings. The first-order chi connectivity index (χ1) is 8.74. The molecule has 1 fully saturated rings. The van der Waals surface area contributed by atoms with Crippen LogP contribution in [0.1, 0.15) is 18.4 Å². The molecule has 0 bridgehead atoms. The standard InChI is InChI=1S/C14H18N2O2/c1-16-12-8-10(2-3-11-6-7-15-9-11)4-5-13(12)18-14(16)17/h4-5,8,11,15H,2-3,6-7,9H2,1H3. The summed E-state index contributed by atoms with van der Waals surface area (Å²) in [5, 5.41) is 3.39. The zero-order chi connectivity index (χ0) is 12.5. The average Bonchev–Trinajstić information content (AvgIpc) is 2.97. The number of nitrogens with zero attached hydrogens (tertiary/aromatic N) is 1. The van der Waals surface area contributed by atoms with Gasteiger partial charge in [-0.05, 0) is 56.0 Å². The van der Waals surface area contributed by atoms with Crippen molar-refractivity contribution in [3.05, 3.63) is 34.3 Å². The molecule has 1 unspecified atom stereocenters. The van der Waals surface area contributed by atoms with Gasteiger partial charge in [-0.25, -0.2) is 4.79 Å². The Morgan fingerprint density at radius 1 is 1.50 bits per heavy atom. The number of aromatic nitrogens is 1. The zero-order valence-electron chi connectivity index (χ0n) is 10.6. The zero-order valence-corrected chi connectivity index (χ0v) is 10.6. The van der Waals surface area contributed by atoms with E-state index in [1.807, 2.05) is 6.07 Å². The van der Waals surface area contributed by atoms with Crippen molar-refractivity contribution in [3.8, 4) is 0 Å². The van der Waals surface area contributed by atoms with Crippen LogP contribution in [0.2, 0.25) is 0 Å². The van der Waals surface area contributed by atoms with Gasteiger partial charge in [0.05, 0.1) is 5.52 Å². The van der Waals surface area contributed by atoms with Gasteiger partial charge in [-0.3, -0.25) is 4.57 Å². The number of nitrogens with one attached hydrogen (secondary N) is 1. The number of rotatable bonds is 3. The molecule has 1 N–H and O–H groups in total. The SMILES string of the molecule is Cn1c(=O)oc2ccc(CCC3CCNC3)cc21. The molecule has 4 heteroatoms. The summed E-state index contributed by atoms with van der Waals surface area (Å²) in [4.78, 5) is 11.4. The van der Waals surface area contributed by atoms with Crippen molar-refractivity contribution in [2.75, 3.05) is 13.1 Å². The van der Waals surface area contributed by atoms with Crippen LogP contribution in [0.4, 0.5) is 0 Å². The Morgan fingerprint density at radius 3 is 3.17 bits per heavy atom. The third kappa shape index (κ3) is 2.08. The molecule has 2 heterocycles. The van der Waals surface area contributed by atoms with Crippen molar-refractivity contribution in [3.63, 3.8) is 0 Å². The molecule has 0 amide bonds. The van der Waals surface area contributed by atoms with Crippen LogP contribution in [0.5, 0.6) is 0 Å². The number of fused-ring (bicyclic) bond motifs is 1. The molecular formula is C14H18N2O2. The van der Waals surface area contributed by atoms with Crippen molar-refractivity contribution >= 4 is 11.1 Å². The van der Waals surface area contributed by atoms with E-state index >= 15 is 0 Å². The summed E-state index contributed by atoms with van der Waals surface area (Å²) in [5.41, 5.74) is 2.85. The Labute approximate surface area is 106 Å². The molecule has 3 rings (SSSR count). The maximum Gasteiger partial charge on any atom is 0.419 e. The Balaban J connectivity index is 1.79. The second-order valence-electron chi connectivity index (χ2n) is 5.13. The minimum atomic E-state index is -0.290. The number of benzene rings is 1. The maximum absolute atomic E-state index is 11.4. The first-order valence-electron chi connectivity index (χ1n) is 6.53. The van der Waals surface area contributed by atoms with Gasteiger partial charge < -0.3 is 9.73 Å². The lowest BCUT2D eigenvalue weighted by atomic mass is 9.99. The second kappa shape index (κ2) is 4.61. The number of hydrogen-bond donors (Lipinski definition) is 1. The van der Waals surface area contributed by atoms with Crippen LogP contribution in [-0.4, -0.2) is 17.7 Å². The van der Waals surface area contributed by atoms with Crippen molar-refractivity contribution in [2.24, 2.45) is 13.0 Å². The number of hydrogen-bond acceptors (Lipinski definition) is 3. The topological polar surface area (TPSA) is 47.2 Å². The van der Waals surface area contributed by atoms with Gasteiger partial charge in [-0.1, -0.05) is 6.07 Å². The molecular weight excluding hydrogens is 228 g/mol. The van der Waals surface area contributed by atoms with E-state index in [0.29, 0.717) is 5.58 Å². The summed E-state index contributed by atoms with van der Waals surface area (Å²) in [6.45, 7) is 2.30. The van der Waals surface area contributed by atoms with E-state index < -0.39 is 0 Å². The van der Waals surface area contributed by atoms with Crippen molar-refractivity contribution < 1.29 is 4.42 Å². The molecule has 0 spiro atoms. The van der Waals surface area contributed by atoms with Gasteiger partial charge >= 0.3 is 5.76 Å². The fraction of sp³-hybridized carbons (Fsp3) is 0.500. The Bertz CT molecular complexity index is 606. The summed E-state index contributed by atoms with van der Waals surface area (Å²) in [7, 11) is 1.75. The van der Waals surface area contributed by atoms with E-state index in [1.54, 1.807) is 11.6 Å². The van der Waals surface area contributed by atoms with E-state index in [9.17, 15) is 4.79 Å². The average molecular weight is 246 g/mol. The second-order valence-corrected chi connectivity index (χ2v) is 5.13. The summed E-state index contributed by atoms with van der Waals surface area (Å²) in [5.74, 6) is 0.510. The van der Waals surface area contributed by atoms with Gasteiger partial charge in [0, 0.05) is 7.05 Å². The largest absolute Gasteiger partial charge is 0.419 e. The smallest absolute Gasteiger partial charge is 0.408 e. The van der Waals surface area contributed by atoms with Gasteiger partial charge in [0.2, 0.25) is 0 Å². The molecule has 1 aliphatic heterocycles. The van der Waals surface area contributed by atoms with Gasteiger partial charge in [-0.15, -0.1) is 0 Å². The minimum absolute atomic E-state index is 0.290. The predicted octanol–water partition coefficient (Wildman–Crippen LogP) is 1.67.